The van der Waals surface area contributed by atoms with Crippen LogP contribution >= 0.6 is 0 Å². The summed E-state index contributed by atoms with van der Waals surface area (Å²) in [6.07, 6.45) is -15.8. The number of aldehydes is 1. The van der Waals surface area contributed by atoms with E-state index in [1.807, 2.05) is 0 Å². The lowest BCUT2D eigenvalue weighted by molar-refractivity contribution is -0.194. The van der Waals surface area contributed by atoms with E-state index in [-0.39, 0.29) is 6.29 Å². The van der Waals surface area contributed by atoms with Crippen LogP contribution in [0, 0.1) is 0 Å². The molecule has 36 heavy (non-hydrogen) atoms. The fourth-order valence-corrected chi connectivity index (χ4v) is 2.67. The number of hydrogen-bond acceptors (Lipinski definition) is 14. The van der Waals surface area contributed by atoms with Crippen molar-refractivity contribution in [3.05, 3.63) is 0 Å². The van der Waals surface area contributed by atoms with Crippen LogP contribution in [0.15, 0.2) is 0 Å². The van der Waals surface area contributed by atoms with Crippen molar-refractivity contribution in [3.63, 3.8) is 0 Å². The molecule has 0 fully saturated rings. The van der Waals surface area contributed by atoms with Crippen LogP contribution in [0.5, 0.6) is 0 Å². The molecule has 0 bridgehead atoms. The van der Waals surface area contributed by atoms with E-state index in [2.05, 4.69) is 9.47 Å². The van der Waals surface area contributed by atoms with Crippen LogP contribution in [-0.4, -0.2) is 130 Å². The van der Waals surface area contributed by atoms with Gasteiger partial charge in [0.2, 0.25) is 5.60 Å². The zero-order chi connectivity index (χ0) is 28.4. The lowest BCUT2D eigenvalue weighted by Gasteiger charge is -2.30. The topological polar surface area (TPSA) is 320 Å². The minimum Gasteiger partial charge on any atom is -0.481 e. The van der Waals surface area contributed by atoms with Crippen molar-refractivity contribution in [2.24, 2.45) is 0 Å². The van der Waals surface area contributed by atoms with E-state index < -0.39 is 104 Å². The molecule has 0 aromatic rings. The summed E-state index contributed by atoms with van der Waals surface area (Å²) >= 11 is 0. The lowest BCUT2D eigenvalue weighted by Crippen LogP contribution is -2.51. The van der Waals surface area contributed by atoms with Gasteiger partial charge in [-0.1, -0.05) is 0 Å². The van der Waals surface area contributed by atoms with Gasteiger partial charge in [-0.2, -0.15) is 0 Å². The number of ether oxygens (including phenoxy) is 2. The predicted molar refractivity (Wildman–Crippen MR) is 104 cm³/mol. The summed E-state index contributed by atoms with van der Waals surface area (Å²) in [4.78, 5) is 80.5. The molecule has 0 aliphatic carbocycles. The van der Waals surface area contributed by atoms with Crippen LogP contribution in [0.1, 0.15) is 25.7 Å². The van der Waals surface area contributed by atoms with Gasteiger partial charge < -0.3 is 55.4 Å². The molecule has 0 heterocycles. The number of carbonyl (C=O) groups is 7. The Labute approximate surface area is 199 Å². The second kappa shape index (κ2) is 13.4. The second-order valence-corrected chi connectivity index (χ2v) is 7.43. The quantitative estimate of drug-likeness (QED) is 0.0630. The Hall–Kier alpha value is -3.71. The molecule has 18 heteroatoms. The number of esters is 2. The monoisotopic (exact) mass is 528 g/mol. The molecule has 0 aliphatic rings. The Morgan fingerprint density at radius 2 is 1.28 bits per heavy atom. The van der Waals surface area contributed by atoms with Crippen LogP contribution in [0.3, 0.4) is 0 Å². The fourth-order valence-electron chi connectivity index (χ4n) is 2.67. The van der Waals surface area contributed by atoms with Gasteiger partial charge >= 0.3 is 35.8 Å². The minimum atomic E-state index is -3.34. The van der Waals surface area contributed by atoms with Crippen molar-refractivity contribution in [3.8, 4) is 0 Å². The van der Waals surface area contributed by atoms with Gasteiger partial charge in [0, 0.05) is 0 Å². The Bertz CT molecular complexity index is 868. The summed E-state index contributed by atoms with van der Waals surface area (Å²) in [5, 5.41) is 83.6. The first kappa shape index (κ1) is 32.3. The average Bonchev–Trinajstić information content (AvgIpc) is 2.74. The number of carboxylic acids is 4. The van der Waals surface area contributed by atoms with E-state index in [0.717, 1.165) is 0 Å². The first-order chi connectivity index (χ1) is 16.4. The van der Waals surface area contributed by atoms with E-state index in [4.69, 9.17) is 20.4 Å². The number of aliphatic hydroxyl groups is 5. The zero-order valence-electron chi connectivity index (χ0n) is 18.1. The molecule has 0 amide bonds. The third-order valence-corrected chi connectivity index (χ3v) is 4.51. The summed E-state index contributed by atoms with van der Waals surface area (Å²) in [5.41, 5.74) is -6.66. The fraction of sp³-hybridized carbons (Fsp3) is 0.611. The number of hydrogen-bond donors (Lipinski definition) is 9. The van der Waals surface area contributed by atoms with E-state index in [1.165, 1.54) is 0 Å². The number of carboxylic acid groups (broad SMARTS) is 4. The summed E-state index contributed by atoms with van der Waals surface area (Å²) in [7, 11) is 0. The molecule has 0 aromatic carbocycles. The molecular formula is C18H24O18. The van der Waals surface area contributed by atoms with Gasteiger partial charge in [-0.25, -0.2) is 9.59 Å². The SMILES string of the molecule is O=C[C@H](OC(=O)CC(CC(=O)O)(OC(=O)CC(O)(CC(=O)O)C(=O)O)C(=O)O)[C@@H](O)[C@H](O)[C@H](O)CO. The first-order valence-electron chi connectivity index (χ1n) is 9.59. The second-order valence-electron chi connectivity index (χ2n) is 7.43. The predicted octanol–water partition coefficient (Wildman–Crippen LogP) is -4.92. The van der Waals surface area contributed by atoms with Crippen LogP contribution in [0.25, 0.3) is 0 Å². The highest BCUT2D eigenvalue weighted by molar-refractivity contribution is 5.93. The normalized spacial score (nSPS) is 17.7. The molecule has 0 spiro atoms. The Balaban J connectivity index is 5.94. The summed E-state index contributed by atoms with van der Waals surface area (Å²) in [6, 6.07) is 0. The number of rotatable bonds is 17. The Kier molecular flexibility index (Phi) is 12.0. The molecule has 6 atom stereocenters. The van der Waals surface area contributed by atoms with Gasteiger partial charge in [-0.3, -0.25) is 24.0 Å². The highest BCUT2D eigenvalue weighted by atomic mass is 16.6. The Morgan fingerprint density at radius 3 is 1.67 bits per heavy atom. The van der Waals surface area contributed by atoms with Crippen molar-refractivity contribution < 1.29 is 89.0 Å². The lowest BCUT2D eigenvalue weighted by atomic mass is 9.93. The van der Waals surface area contributed by atoms with Gasteiger partial charge in [0.05, 0.1) is 32.3 Å². The van der Waals surface area contributed by atoms with Gasteiger partial charge in [-0.05, 0) is 0 Å². The smallest absolute Gasteiger partial charge is 0.349 e. The van der Waals surface area contributed by atoms with Crippen molar-refractivity contribution in [2.75, 3.05) is 6.61 Å². The molecule has 0 rings (SSSR count). The van der Waals surface area contributed by atoms with E-state index in [1.54, 1.807) is 0 Å². The third kappa shape index (κ3) is 9.15. The molecular weight excluding hydrogens is 504 g/mol. The maximum absolute atomic E-state index is 12.2. The van der Waals surface area contributed by atoms with Crippen molar-refractivity contribution in [2.45, 2.75) is 61.3 Å². The molecule has 0 saturated heterocycles. The van der Waals surface area contributed by atoms with Crippen molar-refractivity contribution in [1.29, 1.82) is 0 Å². The molecule has 2 unspecified atom stereocenters. The Morgan fingerprint density at radius 1 is 0.750 bits per heavy atom. The molecule has 0 aliphatic heterocycles. The standard InChI is InChI=1S/C18H24O18/c19-5-7(21)13(28)14(29)8(6-20)35-11(26)4-18(16(32)33,2-10(24)25)36-12(27)3-17(34,15(30)31)1-9(22)23/h6-8,13-14,19,21,28-29,34H,1-5H2,(H,22,23)(H,24,25)(H,30,31)(H,32,33)/t7-,8+,13-,14-,17?,18?/m1/s1. The van der Waals surface area contributed by atoms with Gasteiger partial charge in [0.15, 0.2) is 18.0 Å². The number of carbonyl (C=O) groups excluding carboxylic acids is 3. The van der Waals surface area contributed by atoms with E-state index >= 15 is 0 Å². The molecule has 0 saturated carbocycles. The van der Waals surface area contributed by atoms with Crippen LogP contribution in [-0.2, 0) is 43.0 Å². The molecule has 18 nitrogen and oxygen atoms in total. The minimum absolute atomic E-state index is 0.277. The van der Waals surface area contributed by atoms with Crippen LogP contribution in [0.2, 0.25) is 0 Å². The van der Waals surface area contributed by atoms with Crippen LogP contribution < -0.4 is 0 Å². The third-order valence-electron chi connectivity index (χ3n) is 4.51. The van der Waals surface area contributed by atoms with Crippen LogP contribution in [0.4, 0.5) is 0 Å². The van der Waals surface area contributed by atoms with Gasteiger partial charge in [-0.15, -0.1) is 0 Å². The molecule has 9 N–H and O–H groups in total. The molecule has 0 aromatic heterocycles. The van der Waals surface area contributed by atoms with E-state index in [0.29, 0.717) is 0 Å². The van der Waals surface area contributed by atoms with Crippen molar-refractivity contribution in [1.82, 2.24) is 0 Å². The van der Waals surface area contributed by atoms with Gasteiger partial charge in [0.1, 0.15) is 18.3 Å². The number of aliphatic carboxylic acids is 4. The molecule has 0 radical (unpaired) electrons. The highest BCUT2D eigenvalue weighted by Gasteiger charge is 2.50. The summed E-state index contributed by atoms with van der Waals surface area (Å²) in [5.74, 6) is -12.2. The first-order valence-corrected chi connectivity index (χ1v) is 9.59. The highest BCUT2D eigenvalue weighted by Crippen LogP contribution is 2.27. The van der Waals surface area contributed by atoms with E-state index in [9.17, 15) is 59.1 Å². The maximum atomic E-state index is 12.2. The molecule has 204 valence electrons. The number of aliphatic hydroxyl groups excluding tert-OH is 4. The van der Waals surface area contributed by atoms with Gasteiger partial charge in [0.25, 0.3) is 0 Å². The zero-order valence-corrected chi connectivity index (χ0v) is 18.1. The largest absolute Gasteiger partial charge is 0.481 e. The summed E-state index contributed by atoms with van der Waals surface area (Å²) < 4.78 is 8.94. The summed E-state index contributed by atoms with van der Waals surface area (Å²) in [6.45, 7) is -1.10. The van der Waals surface area contributed by atoms with Crippen molar-refractivity contribution >= 4 is 42.1 Å². The average molecular weight is 528 g/mol. The maximum Gasteiger partial charge on any atom is 0.349 e.